The molecule has 0 spiro atoms. The van der Waals surface area contributed by atoms with E-state index in [-0.39, 0.29) is 11.7 Å². The highest BCUT2D eigenvalue weighted by atomic mass is 16.6. The average Bonchev–Trinajstić information content (AvgIpc) is 2.39. The summed E-state index contributed by atoms with van der Waals surface area (Å²) in [5.74, 6) is -0.927. The highest BCUT2D eigenvalue weighted by molar-refractivity contribution is 5.77. The predicted octanol–water partition coefficient (Wildman–Crippen LogP) is 2.84. The summed E-state index contributed by atoms with van der Waals surface area (Å²) in [4.78, 5) is 23.5. The van der Waals surface area contributed by atoms with Gasteiger partial charge in [-0.25, -0.2) is 0 Å². The van der Waals surface area contributed by atoms with Gasteiger partial charge in [-0.3, -0.25) is 19.8 Å². The lowest BCUT2D eigenvalue weighted by atomic mass is 9.95. The fourth-order valence-corrected chi connectivity index (χ4v) is 2.12. The number of non-ortho nitro benzene ring substituents is 1. The molecule has 0 heterocycles. The Balaban J connectivity index is 3.16. The van der Waals surface area contributed by atoms with Crippen molar-refractivity contribution < 1.29 is 14.8 Å². The molecule has 0 aliphatic rings. The number of rotatable bonds is 6. The Morgan fingerprint density at radius 3 is 2.55 bits per heavy atom. The van der Waals surface area contributed by atoms with Crippen LogP contribution < -0.4 is 0 Å². The van der Waals surface area contributed by atoms with Gasteiger partial charge in [0.2, 0.25) is 0 Å². The number of hydrogen-bond acceptors (Lipinski definition) is 4. The van der Waals surface area contributed by atoms with Crippen LogP contribution in [0.3, 0.4) is 0 Å². The Hall–Kier alpha value is -1.95. The minimum Gasteiger partial charge on any atom is -0.480 e. The molecular formula is C14H20N2O4. The lowest BCUT2D eigenvalue weighted by Crippen LogP contribution is -2.49. The van der Waals surface area contributed by atoms with E-state index in [1.807, 2.05) is 6.92 Å². The molecule has 6 nitrogen and oxygen atoms in total. The maximum absolute atomic E-state index is 11.3. The maximum Gasteiger partial charge on any atom is 0.323 e. The largest absolute Gasteiger partial charge is 0.480 e. The maximum atomic E-state index is 11.3. The number of nitrogens with zero attached hydrogens (tertiary/aromatic N) is 2. The molecule has 0 bridgehead atoms. The Bertz CT molecular complexity index is 514. The number of aliphatic carboxylic acids is 1. The second-order valence-electron chi connectivity index (χ2n) is 5.25. The van der Waals surface area contributed by atoms with E-state index in [0.717, 1.165) is 5.56 Å². The fraction of sp³-hybridized carbons (Fsp3) is 0.500. The molecule has 1 atom stereocenters. The molecule has 1 rings (SSSR count). The molecule has 0 aliphatic heterocycles. The number of nitro groups is 1. The molecule has 0 amide bonds. The number of carboxylic acids is 1. The number of hydrogen-bond donors (Lipinski definition) is 1. The van der Waals surface area contributed by atoms with Crippen LogP contribution in [0.2, 0.25) is 0 Å². The zero-order valence-corrected chi connectivity index (χ0v) is 12.2. The van der Waals surface area contributed by atoms with E-state index in [9.17, 15) is 20.0 Å². The van der Waals surface area contributed by atoms with Crippen LogP contribution in [0.4, 0.5) is 5.69 Å². The fourth-order valence-electron chi connectivity index (χ4n) is 2.12. The summed E-state index contributed by atoms with van der Waals surface area (Å²) in [6.07, 6.45) is 0.661. The van der Waals surface area contributed by atoms with Crippen molar-refractivity contribution in [2.75, 3.05) is 7.05 Å². The predicted molar refractivity (Wildman–Crippen MR) is 75.6 cm³/mol. The van der Waals surface area contributed by atoms with Crippen molar-refractivity contribution in [2.24, 2.45) is 0 Å². The highest BCUT2D eigenvalue weighted by Gasteiger charge is 2.36. The third kappa shape index (κ3) is 3.14. The molecule has 0 saturated carbocycles. The zero-order valence-electron chi connectivity index (χ0n) is 12.2. The van der Waals surface area contributed by atoms with Crippen LogP contribution in [0.15, 0.2) is 24.3 Å². The van der Waals surface area contributed by atoms with Crippen molar-refractivity contribution in [2.45, 2.75) is 38.8 Å². The van der Waals surface area contributed by atoms with E-state index >= 15 is 0 Å². The molecule has 20 heavy (non-hydrogen) atoms. The number of carboxylic acid groups (broad SMARTS) is 1. The number of nitro benzene ring substituents is 1. The van der Waals surface area contributed by atoms with Crippen LogP contribution >= 0.6 is 0 Å². The van der Waals surface area contributed by atoms with Gasteiger partial charge in [-0.15, -0.1) is 0 Å². The van der Waals surface area contributed by atoms with Crippen molar-refractivity contribution in [1.82, 2.24) is 4.90 Å². The van der Waals surface area contributed by atoms with Crippen molar-refractivity contribution in [3.05, 3.63) is 39.9 Å². The Labute approximate surface area is 118 Å². The van der Waals surface area contributed by atoms with Crippen molar-refractivity contribution in [1.29, 1.82) is 0 Å². The van der Waals surface area contributed by atoms with Crippen LogP contribution in [0.5, 0.6) is 0 Å². The van der Waals surface area contributed by atoms with Gasteiger partial charge >= 0.3 is 5.97 Å². The SMILES string of the molecule is CCC(c1cccc([N+](=O)[O-])c1)N(C)C(C)(C)C(=O)O. The van der Waals surface area contributed by atoms with Crippen LogP contribution in [0.1, 0.15) is 38.8 Å². The van der Waals surface area contributed by atoms with Gasteiger partial charge in [-0.1, -0.05) is 19.1 Å². The number of carbonyl (C=O) groups is 1. The summed E-state index contributed by atoms with van der Waals surface area (Å²) in [6, 6.07) is 6.15. The summed E-state index contributed by atoms with van der Waals surface area (Å²) in [5.41, 5.74) is -0.285. The van der Waals surface area contributed by atoms with E-state index in [0.29, 0.717) is 6.42 Å². The van der Waals surface area contributed by atoms with Gasteiger partial charge in [-0.05, 0) is 32.9 Å². The Morgan fingerprint density at radius 1 is 1.50 bits per heavy atom. The van der Waals surface area contributed by atoms with E-state index in [1.54, 1.807) is 37.9 Å². The monoisotopic (exact) mass is 280 g/mol. The third-order valence-electron chi connectivity index (χ3n) is 3.73. The Morgan fingerprint density at radius 2 is 2.10 bits per heavy atom. The van der Waals surface area contributed by atoms with E-state index in [2.05, 4.69) is 0 Å². The van der Waals surface area contributed by atoms with Gasteiger partial charge < -0.3 is 5.11 Å². The minimum absolute atomic E-state index is 0.0162. The van der Waals surface area contributed by atoms with Gasteiger partial charge in [-0.2, -0.15) is 0 Å². The molecule has 0 saturated heterocycles. The molecule has 1 aromatic rings. The summed E-state index contributed by atoms with van der Waals surface area (Å²) in [5, 5.41) is 20.1. The van der Waals surface area contributed by atoms with Gasteiger partial charge in [0, 0.05) is 18.2 Å². The van der Waals surface area contributed by atoms with Gasteiger partial charge in [0.25, 0.3) is 5.69 Å². The van der Waals surface area contributed by atoms with Crippen LogP contribution in [0.25, 0.3) is 0 Å². The first-order valence-corrected chi connectivity index (χ1v) is 6.42. The molecular weight excluding hydrogens is 260 g/mol. The van der Waals surface area contributed by atoms with Crippen molar-refractivity contribution >= 4 is 11.7 Å². The second-order valence-corrected chi connectivity index (χ2v) is 5.25. The van der Waals surface area contributed by atoms with Gasteiger partial charge in [0.15, 0.2) is 0 Å². The van der Waals surface area contributed by atoms with E-state index in [4.69, 9.17) is 0 Å². The van der Waals surface area contributed by atoms with E-state index in [1.165, 1.54) is 12.1 Å². The summed E-state index contributed by atoms with van der Waals surface area (Å²) < 4.78 is 0. The molecule has 1 unspecified atom stereocenters. The molecule has 0 aliphatic carbocycles. The lowest BCUT2D eigenvalue weighted by Gasteiger charge is -2.38. The number of likely N-dealkylation sites (N-methyl/N-ethyl adjacent to an activating group) is 1. The minimum atomic E-state index is -1.05. The van der Waals surface area contributed by atoms with Crippen molar-refractivity contribution in [3.8, 4) is 0 Å². The van der Waals surface area contributed by atoms with Crippen LogP contribution in [-0.4, -0.2) is 33.5 Å². The first kappa shape index (κ1) is 16.1. The van der Waals surface area contributed by atoms with Crippen LogP contribution in [-0.2, 0) is 4.79 Å². The van der Waals surface area contributed by atoms with Gasteiger partial charge in [0.05, 0.1) is 4.92 Å². The summed E-state index contributed by atoms with van der Waals surface area (Å²) in [6.45, 7) is 5.17. The molecule has 1 aromatic carbocycles. The smallest absolute Gasteiger partial charge is 0.323 e. The zero-order chi connectivity index (χ0) is 15.5. The molecule has 110 valence electrons. The first-order valence-electron chi connectivity index (χ1n) is 6.42. The lowest BCUT2D eigenvalue weighted by molar-refractivity contribution is -0.385. The highest BCUT2D eigenvalue weighted by Crippen LogP contribution is 2.31. The molecule has 0 fully saturated rings. The summed E-state index contributed by atoms with van der Waals surface area (Å²) in [7, 11) is 1.72. The molecule has 1 N–H and O–H groups in total. The molecule has 0 radical (unpaired) electrons. The quantitative estimate of drug-likeness (QED) is 0.640. The standard InChI is InChI=1S/C14H20N2O4/c1-5-12(15(4)14(2,3)13(17)18)10-7-6-8-11(9-10)16(19)20/h6-9,12H,5H2,1-4H3,(H,17,18). The van der Waals surface area contributed by atoms with E-state index < -0.39 is 16.4 Å². The molecule has 0 aromatic heterocycles. The Kier molecular flexibility index (Phi) is 4.83. The van der Waals surface area contributed by atoms with Gasteiger partial charge in [0.1, 0.15) is 5.54 Å². The average molecular weight is 280 g/mol. The summed E-state index contributed by atoms with van der Waals surface area (Å²) >= 11 is 0. The molecule has 6 heteroatoms. The second kappa shape index (κ2) is 6.00. The van der Waals surface area contributed by atoms with Crippen LogP contribution in [0, 0.1) is 10.1 Å². The number of benzene rings is 1. The topological polar surface area (TPSA) is 83.7 Å². The normalized spacial score (nSPS) is 13.2. The van der Waals surface area contributed by atoms with Crippen molar-refractivity contribution in [3.63, 3.8) is 0 Å². The first-order chi connectivity index (χ1) is 9.21. The third-order valence-corrected chi connectivity index (χ3v) is 3.73.